The van der Waals surface area contributed by atoms with Crippen LogP contribution in [0.4, 0.5) is 0 Å². The third kappa shape index (κ3) is 3.68. The van der Waals surface area contributed by atoms with Crippen LogP contribution in [0.3, 0.4) is 0 Å². The molecule has 0 aromatic heterocycles. The second-order valence-electron chi connectivity index (χ2n) is 9.39. The van der Waals surface area contributed by atoms with Crippen LogP contribution in [0, 0.1) is 29.1 Å². The minimum absolute atomic E-state index is 0.536. The molecule has 3 atom stereocenters. The fourth-order valence-corrected chi connectivity index (χ4v) is 7.64. The molecule has 1 unspecified atom stereocenters. The lowest BCUT2D eigenvalue weighted by atomic mass is 9.75. The first-order valence-corrected chi connectivity index (χ1v) is 11.8. The topological polar surface area (TPSA) is 0 Å². The van der Waals surface area contributed by atoms with E-state index in [-0.39, 0.29) is 0 Å². The highest BCUT2D eigenvalue weighted by Crippen LogP contribution is 2.60. The quantitative estimate of drug-likeness (QED) is 0.460. The summed E-state index contributed by atoms with van der Waals surface area (Å²) in [5.74, 6) is 3.70. The average Bonchev–Trinajstić information content (AvgIpc) is 3.14. The summed E-state index contributed by atoms with van der Waals surface area (Å²) in [7, 11) is 0.988. The van der Waals surface area contributed by atoms with Crippen molar-refractivity contribution in [2.24, 2.45) is 29.1 Å². The molecule has 0 aliphatic heterocycles. The van der Waals surface area contributed by atoms with Gasteiger partial charge < -0.3 is 0 Å². The highest BCUT2D eigenvalue weighted by atomic mass is 28.2. The van der Waals surface area contributed by atoms with Gasteiger partial charge in [-0.3, -0.25) is 0 Å². The molecule has 3 aliphatic carbocycles. The smallest absolute Gasteiger partial charge is 0.0810 e. The van der Waals surface area contributed by atoms with Crippen molar-refractivity contribution in [2.45, 2.75) is 71.3 Å². The number of hydrogen-bond acceptors (Lipinski definition) is 0. The van der Waals surface area contributed by atoms with Gasteiger partial charge in [0.1, 0.15) is 0 Å². The van der Waals surface area contributed by atoms with Gasteiger partial charge in [0.25, 0.3) is 0 Å². The molecular weight excluding hydrogens is 316 g/mol. The van der Waals surface area contributed by atoms with Crippen molar-refractivity contribution in [3.63, 3.8) is 0 Å². The first kappa shape index (κ1) is 17.6. The zero-order chi connectivity index (χ0) is 17.3. The minimum Gasteiger partial charge on any atom is -0.0819 e. The van der Waals surface area contributed by atoms with E-state index in [0.717, 1.165) is 33.2 Å². The number of fused-ring (bicyclic) bond motifs is 1. The summed E-state index contributed by atoms with van der Waals surface area (Å²) in [6.45, 7) is 5.17. The summed E-state index contributed by atoms with van der Waals surface area (Å²) in [5, 5.41) is 1.55. The maximum absolute atomic E-state index is 2.77. The highest BCUT2D eigenvalue weighted by Gasteiger charge is 2.51. The number of hydrogen-bond donors (Lipinski definition) is 0. The van der Waals surface area contributed by atoms with Crippen molar-refractivity contribution >= 4 is 14.7 Å². The van der Waals surface area contributed by atoms with Gasteiger partial charge in [-0.05, 0) is 61.2 Å². The SMILES string of the molecule is CC1(C)C(C[Si]c2ccccc2)C[C@H]2/C(=C/C3CCCCC3)CC[C@@H]21. The van der Waals surface area contributed by atoms with E-state index in [0.29, 0.717) is 5.41 Å². The van der Waals surface area contributed by atoms with Crippen molar-refractivity contribution < 1.29 is 0 Å². The molecule has 0 spiro atoms. The van der Waals surface area contributed by atoms with Crippen LogP contribution in [0.15, 0.2) is 42.0 Å². The predicted molar refractivity (Wildman–Crippen MR) is 109 cm³/mol. The van der Waals surface area contributed by atoms with E-state index in [1.807, 2.05) is 5.57 Å². The summed E-state index contributed by atoms with van der Waals surface area (Å²) in [6, 6.07) is 12.6. The molecule has 2 radical (unpaired) electrons. The van der Waals surface area contributed by atoms with E-state index >= 15 is 0 Å². The van der Waals surface area contributed by atoms with Gasteiger partial charge >= 0.3 is 0 Å². The molecule has 4 rings (SSSR count). The Kier molecular flexibility index (Phi) is 5.22. The third-order valence-corrected chi connectivity index (χ3v) is 9.12. The summed E-state index contributed by atoms with van der Waals surface area (Å²) in [4.78, 5) is 0. The van der Waals surface area contributed by atoms with Crippen LogP contribution >= 0.6 is 0 Å². The first-order valence-electron chi connectivity index (χ1n) is 10.6. The fraction of sp³-hybridized carbons (Fsp3) is 0.667. The Morgan fingerprint density at radius 1 is 1.04 bits per heavy atom. The molecule has 3 aliphatic rings. The van der Waals surface area contributed by atoms with Crippen LogP contribution in [0.5, 0.6) is 0 Å². The van der Waals surface area contributed by atoms with Gasteiger partial charge in [0.2, 0.25) is 0 Å². The van der Waals surface area contributed by atoms with Gasteiger partial charge in [0.05, 0.1) is 9.52 Å². The van der Waals surface area contributed by atoms with Gasteiger partial charge in [-0.15, -0.1) is 0 Å². The molecule has 25 heavy (non-hydrogen) atoms. The van der Waals surface area contributed by atoms with Gasteiger partial charge in [-0.2, -0.15) is 0 Å². The number of rotatable bonds is 4. The second kappa shape index (κ2) is 7.43. The van der Waals surface area contributed by atoms with E-state index in [2.05, 4.69) is 50.3 Å². The normalized spacial score (nSPS) is 33.7. The van der Waals surface area contributed by atoms with E-state index in [9.17, 15) is 0 Å². The zero-order valence-corrected chi connectivity index (χ0v) is 17.1. The molecule has 3 fully saturated rings. The molecule has 1 aromatic carbocycles. The van der Waals surface area contributed by atoms with Crippen LogP contribution in [0.25, 0.3) is 0 Å². The second-order valence-corrected chi connectivity index (χ2v) is 10.7. The molecule has 0 saturated heterocycles. The van der Waals surface area contributed by atoms with Gasteiger partial charge in [0.15, 0.2) is 0 Å². The van der Waals surface area contributed by atoms with Crippen LogP contribution in [0.2, 0.25) is 6.04 Å². The van der Waals surface area contributed by atoms with Gasteiger partial charge in [-0.25, -0.2) is 0 Å². The maximum atomic E-state index is 2.77. The average molecular weight is 351 g/mol. The molecule has 0 nitrogen and oxygen atoms in total. The Bertz CT molecular complexity index is 594. The molecule has 134 valence electrons. The lowest BCUT2D eigenvalue weighted by Crippen LogP contribution is -2.27. The summed E-state index contributed by atoms with van der Waals surface area (Å²) < 4.78 is 0. The van der Waals surface area contributed by atoms with Crippen LogP contribution in [-0.4, -0.2) is 9.52 Å². The summed E-state index contributed by atoms with van der Waals surface area (Å²) in [6.07, 6.45) is 14.4. The first-order chi connectivity index (χ1) is 12.1. The Hall–Kier alpha value is -0.823. The van der Waals surface area contributed by atoms with Gasteiger partial charge in [0, 0.05) is 0 Å². The van der Waals surface area contributed by atoms with Crippen molar-refractivity contribution in [3.05, 3.63) is 42.0 Å². The molecule has 1 heteroatoms. The van der Waals surface area contributed by atoms with Crippen molar-refractivity contribution in [1.82, 2.24) is 0 Å². The van der Waals surface area contributed by atoms with E-state index < -0.39 is 0 Å². The Balaban J connectivity index is 1.43. The number of benzene rings is 1. The monoisotopic (exact) mass is 350 g/mol. The van der Waals surface area contributed by atoms with Crippen molar-refractivity contribution in [1.29, 1.82) is 0 Å². The summed E-state index contributed by atoms with van der Waals surface area (Å²) >= 11 is 0. The Morgan fingerprint density at radius 2 is 1.80 bits per heavy atom. The molecule has 0 amide bonds. The standard InChI is InChI=1S/C24H34Si/c1-24(2)20(17-25-21-11-7-4-8-12-21)16-22-19(13-14-23(22)24)15-18-9-5-3-6-10-18/h4,7-8,11-12,15,18,20,22-23H,3,5-6,9-10,13-14,16-17H2,1-2H3/b19-15+/t20?,22-,23-/m0/s1. The molecule has 0 bridgehead atoms. The lowest BCUT2D eigenvalue weighted by molar-refractivity contribution is 0.190. The largest absolute Gasteiger partial charge is 0.0819 e. The van der Waals surface area contributed by atoms with Crippen LogP contribution in [0.1, 0.15) is 65.2 Å². The molecule has 0 heterocycles. The summed E-state index contributed by atoms with van der Waals surface area (Å²) in [5.41, 5.74) is 2.41. The Labute approximate surface area is 157 Å². The molecular formula is C24H34Si. The van der Waals surface area contributed by atoms with E-state index in [4.69, 9.17) is 0 Å². The molecule has 0 N–H and O–H groups in total. The molecule has 3 saturated carbocycles. The highest BCUT2D eigenvalue weighted by molar-refractivity contribution is 6.53. The fourth-order valence-electron chi connectivity index (χ4n) is 6.04. The lowest BCUT2D eigenvalue weighted by Gasteiger charge is -2.32. The van der Waals surface area contributed by atoms with E-state index in [1.54, 1.807) is 5.19 Å². The zero-order valence-electron chi connectivity index (χ0n) is 16.1. The predicted octanol–water partition coefficient (Wildman–Crippen LogP) is 6.01. The van der Waals surface area contributed by atoms with E-state index in [1.165, 1.54) is 57.4 Å². The van der Waals surface area contributed by atoms with Crippen molar-refractivity contribution in [3.8, 4) is 0 Å². The third-order valence-electron chi connectivity index (χ3n) is 7.68. The minimum atomic E-state index is 0.536. The maximum Gasteiger partial charge on any atom is 0.0810 e. The Morgan fingerprint density at radius 3 is 2.56 bits per heavy atom. The van der Waals surface area contributed by atoms with Crippen LogP contribution < -0.4 is 5.19 Å². The van der Waals surface area contributed by atoms with Gasteiger partial charge in [-0.1, -0.05) is 86.3 Å². The molecule has 1 aromatic rings. The number of allylic oxidation sites excluding steroid dienone is 2. The van der Waals surface area contributed by atoms with Crippen LogP contribution in [-0.2, 0) is 0 Å². The van der Waals surface area contributed by atoms with Crippen molar-refractivity contribution in [2.75, 3.05) is 0 Å².